The molecule has 0 saturated carbocycles. The normalized spacial score (nSPS) is 11.3. The second-order valence-corrected chi connectivity index (χ2v) is 24.7. The number of anilines is 4. The first-order chi connectivity index (χ1) is 50.8. The number of carbonyl (C=O) groups is 4. The number of pyridine rings is 4. The molecule has 34 nitrogen and oxygen atoms in total. The summed E-state index contributed by atoms with van der Waals surface area (Å²) >= 11 is 6.07. The molecular weight excluding hydrogens is 1400 g/mol. The molecule has 540 valence electrons. The molecule has 0 radical (unpaired) electrons. The van der Waals surface area contributed by atoms with E-state index in [1.54, 1.807) is 135 Å². The smallest absolute Gasteiger partial charge is 0.302 e. The lowest BCUT2D eigenvalue weighted by Gasteiger charge is -2.04. The van der Waals surface area contributed by atoms with Crippen molar-refractivity contribution in [2.75, 3.05) is 35.5 Å². The molecule has 16 rings (SSSR count). The Morgan fingerprint density at radius 2 is 0.660 bits per heavy atom. The summed E-state index contributed by atoms with van der Waals surface area (Å²) in [7, 11) is 9.72. The Hall–Kier alpha value is -13.9. The number of aryl methyl sites for hydroxylation is 8. The summed E-state index contributed by atoms with van der Waals surface area (Å²) in [6, 6.07) is 20.4. The van der Waals surface area contributed by atoms with Crippen LogP contribution in [0.4, 0.5) is 28.4 Å². The number of rotatable bonds is 14. The first kappa shape index (κ1) is 70.6. The van der Waals surface area contributed by atoms with E-state index >= 15 is 0 Å². The standard InChI is InChI=1S/2C18H17N5O4.C17H14ClN5O3.C17H14FN5O3/c2*1-10-6-14-12(7-13(10)26-3)20-18(27-14)21-15(24)8-23-9-19-11-4-5-22(2)17(25)16(11)23;2*1-9-5-13-12(6-10(9)18)20-17(26-13)21-14(24)7-23-8-19-11-3-4-22(2)16(25)15(11)23/h2*4-7,9H,8H2,1-3H3,(H,20,21,24);2*3-6,8H,7H2,1-2H3,(H,20,21,24). The lowest BCUT2D eigenvalue weighted by atomic mass is 10.2. The number of fused-ring (bicyclic) bond motifs is 8. The average molecular weight is 1460 g/mol. The number of imidazole rings is 4. The molecule has 0 unspecified atom stereocenters. The Morgan fingerprint density at radius 1 is 0.396 bits per heavy atom. The van der Waals surface area contributed by atoms with E-state index in [2.05, 4.69) is 61.1 Å². The van der Waals surface area contributed by atoms with Gasteiger partial charge in [-0.1, -0.05) is 11.6 Å². The van der Waals surface area contributed by atoms with Crippen molar-refractivity contribution in [2.24, 2.45) is 28.2 Å². The van der Waals surface area contributed by atoms with Crippen LogP contribution in [-0.2, 0) is 73.5 Å². The molecule has 4 N–H and O–H groups in total. The molecule has 0 aliphatic carbocycles. The monoisotopic (exact) mass is 1460 g/mol. The second kappa shape index (κ2) is 28.9. The zero-order valence-electron chi connectivity index (χ0n) is 58.0. The van der Waals surface area contributed by atoms with Gasteiger partial charge in [0.25, 0.3) is 22.2 Å². The summed E-state index contributed by atoms with van der Waals surface area (Å²) in [5.41, 5.74) is 9.75. The number of nitrogens with one attached hydrogen (secondary N) is 4. The van der Waals surface area contributed by atoms with Crippen molar-refractivity contribution in [3.8, 4) is 11.5 Å². The Morgan fingerprint density at radius 3 is 0.953 bits per heavy atom. The number of amides is 4. The Kier molecular flexibility index (Phi) is 19.2. The first-order valence-corrected chi connectivity index (χ1v) is 32.4. The van der Waals surface area contributed by atoms with Gasteiger partial charge in [0.15, 0.2) is 22.3 Å². The van der Waals surface area contributed by atoms with Crippen molar-refractivity contribution in [1.29, 1.82) is 0 Å². The highest BCUT2D eigenvalue weighted by Gasteiger charge is 2.21. The first-order valence-electron chi connectivity index (χ1n) is 32.0. The molecule has 0 fully saturated rings. The molecule has 16 aromatic rings. The molecule has 0 bridgehead atoms. The number of methoxy groups -OCH3 is 2. The van der Waals surface area contributed by atoms with Gasteiger partial charge in [-0.2, -0.15) is 19.9 Å². The van der Waals surface area contributed by atoms with Crippen LogP contribution in [-0.4, -0.2) is 114 Å². The minimum atomic E-state index is -0.445. The number of aromatic nitrogens is 16. The molecule has 0 spiro atoms. The predicted molar refractivity (Wildman–Crippen MR) is 387 cm³/mol. The van der Waals surface area contributed by atoms with Crippen LogP contribution in [0, 0.1) is 33.5 Å². The van der Waals surface area contributed by atoms with Crippen LogP contribution in [0.2, 0.25) is 5.02 Å². The summed E-state index contributed by atoms with van der Waals surface area (Å²) in [5, 5.41) is 10.9. The van der Waals surface area contributed by atoms with Gasteiger partial charge >= 0.3 is 24.1 Å². The number of ether oxygens (including phenoxy) is 2. The van der Waals surface area contributed by atoms with E-state index in [1.165, 1.54) is 74.0 Å². The molecule has 0 atom stereocenters. The quantitative estimate of drug-likeness (QED) is 0.0798. The minimum absolute atomic E-state index is 0.0349. The summed E-state index contributed by atoms with van der Waals surface area (Å²) in [5.74, 6) is -0.609. The van der Waals surface area contributed by atoms with Crippen molar-refractivity contribution in [1.82, 2.24) is 76.4 Å². The van der Waals surface area contributed by atoms with E-state index < -0.39 is 11.7 Å². The largest absolute Gasteiger partial charge is 0.496 e. The fourth-order valence-corrected chi connectivity index (χ4v) is 11.4. The Labute approximate surface area is 598 Å². The van der Waals surface area contributed by atoms with E-state index in [-0.39, 0.29) is 90.2 Å². The number of nitrogens with zero attached hydrogens (tertiary/aromatic N) is 16. The van der Waals surface area contributed by atoms with Gasteiger partial charge in [0.1, 0.15) is 87.6 Å². The maximum atomic E-state index is 13.6. The van der Waals surface area contributed by atoms with E-state index in [1.807, 2.05) is 20.8 Å². The third-order valence-corrected chi connectivity index (χ3v) is 17.2. The van der Waals surface area contributed by atoms with Gasteiger partial charge < -0.3 is 63.7 Å². The van der Waals surface area contributed by atoms with Crippen molar-refractivity contribution in [3.63, 3.8) is 0 Å². The highest BCUT2D eigenvalue weighted by molar-refractivity contribution is 6.32. The molecule has 12 heterocycles. The SMILES string of the molecule is COc1cc2nc(NC(=O)Cn3cnc4ccn(C)c(=O)c43)oc2cc1C.COc1cc2nc(NC(=O)Cn3cnc4ccn(C)c(=O)c43)oc2cc1C.Cc1cc2oc(NC(=O)Cn3cnc4ccn(C)c(=O)c43)nc2cc1Cl.Cc1cc2oc(NC(=O)Cn3cnc4ccn(C)c(=O)c43)nc2cc1F. The highest BCUT2D eigenvalue weighted by atomic mass is 35.5. The van der Waals surface area contributed by atoms with Gasteiger partial charge in [0, 0.05) is 76.2 Å². The molecule has 0 aliphatic heterocycles. The molecule has 4 amide bonds. The van der Waals surface area contributed by atoms with Gasteiger partial charge in [-0.3, -0.25) is 59.6 Å². The summed E-state index contributed by atoms with van der Waals surface area (Å²) in [4.78, 5) is 132. The van der Waals surface area contributed by atoms with Crippen LogP contribution in [0.15, 0.2) is 160 Å². The fraction of sp³-hybridized carbons (Fsp3) is 0.200. The maximum Gasteiger partial charge on any atom is 0.302 e. The molecule has 0 saturated heterocycles. The second-order valence-electron chi connectivity index (χ2n) is 24.3. The van der Waals surface area contributed by atoms with Crippen molar-refractivity contribution in [2.45, 2.75) is 53.9 Å². The fourth-order valence-electron chi connectivity index (χ4n) is 11.3. The van der Waals surface area contributed by atoms with Crippen molar-refractivity contribution >= 4 is 148 Å². The molecule has 12 aromatic heterocycles. The third kappa shape index (κ3) is 14.5. The van der Waals surface area contributed by atoms with Gasteiger partial charge in [-0.25, -0.2) is 24.3 Å². The van der Waals surface area contributed by atoms with Crippen LogP contribution < -0.4 is 53.0 Å². The van der Waals surface area contributed by atoms with E-state index in [4.69, 9.17) is 38.7 Å². The van der Waals surface area contributed by atoms with Gasteiger partial charge in [0.2, 0.25) is 23.6 Å². The molecule has 4 aromatic carbocycles. The number of hydrogen-bond acceptors (Lipinski definition) is 22. The molecular formula is C70H62ClFN20O14. The Balaban J connectivity index is 0.000000125. The van der Waals surface area contributed by atoms with E-state index in [9.17, 15) is 42.7 Å². The lowest BCUT2D eigenvalue weighted by Crippen LogP contribution is -2.23. The summed E-state index contributed by atoms with van der Waals surface area (Å²) < 4.78 is 57.9. The maximum absolute atomic E-state index is 13.6. The van der Waals surface area contributed by atoms with Crippen LogP contribution >= 0.6 is 11.6 Å². The number of benzene rings is 4. The zero-order chi connectivity index (χ0) is 75.1. The zero-order valence-corrected chi connectivity index (χ0v) is 58.8. The van der Waals surface area contributed by atoms with Crippen LogP contribution in [0.5, 0.6) is 11.5 Å². The van der Waals surface area contributed by atoms with Crippen LogP contribution in [0.25, 0.3) is 88.5 Å². The number of halogens is 2. The van der Waals surface area contributed by atoms with Crippen molar-refractivity contribution < 1.29 is 50.7 Å². The lowest BCUT2D eigenvalue weighted by molar-refractivity contribution is -0.117. The van der Waals surface area contributed by atoms with E-state index in [0.717, 1.165) is 16.7 Å². The van der Waals surface area contributed by atoms with Crippen LogP contribution in [0.1, 0.15) is 22.3 Å². The number of carbonyl (C=O) groups excluding carboxylic acids is 4. The Bertz CT molecular complexity index is 5990. The van der Waals surface area contributed by atoms with Crippen molar-refractivity contribution in [3.05, 3.63) is 197 Å². The average Bonchev–Trinajstić information content (AvgIpc) is 1.59. The van der Waals surface area contributed by atoms with Gasteiger partial charge in [-0.05, 0) is 105 Å². The minimum Gasteiger partial charge on any atom is -0.496 e. The number of oxazole rings is 4. The molecule has 36 heteroatoms. The number of hydrogen-bond donors (Lipinski definition) is 4. The van der Waals surface area contributed by atoms with Gasteiger partial charge in [-0.15, -0.1) is 0 Å². The van der Waals surface area contributed by atoms with Gasteiger partial charge in [0.05, 0.1) is 61.6 Å². The highest BCUT2D eigenvalue weighted by Crippen LogP contribution is 2.30. The van der Waals surface area contributed by atoms with E-state index in [0.29, 0.717) is 111 Å². The topological polar surface area (TPSA) is 398 Å². The molecule has 106 heavy (non-hydrogen) atoms. The van der Waals surface area contributed by atoms with Crippen LogP contribution in [0.3, 0.4) is 0 Å². The predicted octanol–water partition coefficient (Wildman–Crippen LogP) is 8.10. The summed E-state index contributed by atoms with van der Waals surface area (Å²) in [6.07, 6.45) is 12.3. The summed E-state index contributed by atoms with van der Waals surface area (Å²) in [6.45, 7) is 6.85. The molecule has 0 aliphatic rings. The third-order valence-electron chi connectivity index (χ3n) is 16.8.